The molecule has 0 radical (unpaired) electrons. The maximum Gasteiger partial charge on any atom is 0.255 e. The van der Waals surface area contributed by atoms with Gasteiger partial charge in [0, 0.05) is 52.1 Å². The molecule has 4 aromatic rings. The molecule has 226 valence electrons. The highest BCUT2D eigenvalue weighted by molar-refractivity contribution is 6.68. The van der Waals surface area contributed by atoms with Crippen LogP contribution in [0.4, 0.5) is 22.7 Å². The molecule has 0 saturated carbocycles. The Balaban J connectivity index is 0.000000355. The van der Waals surface area contributed by atoms with Gasteiger partial charge >= 0.3 is 0 Å². The molecule has 0 spiro atoms. The molecular formula is C33H36Cl2N4O4. The number of hydrogen-bond donors (Lipinski definition) is 4. The smallest absolute Gasteiger partial charge is 0.255 e. The summed E-state index contributed by atoms with van der Waals surface area (Å²) in [5.74, 6) is -0.207. The summed E-state index contributed by atoms with van der Waals surface area (Å²) >= 11 is 10.4. The molecular weight excluding hydrogens is 587 g/mol. The zero-order valence-corrected chi connectivity index (χ0v) is 25.1. The van der Waals surface area contributed by atoms with Gasteiger partial charge in [0.05, 0.1) is 0 Å². The van der Waals surface area contributed by atoms with Gasteiger partial charge in [-0.05, 0) is 116 Å². The molecule has 4 rings (SSSR count). The Kier molecular flexibility index (Phi) is 14.7. The van der Waals surface area contributed by atoms with Gasteiger partial charge in [-0.1, -0.05) is 31.7 Å². The van der Waals surface area contributed by atoms with E-state index in [1.165, 1.54) is 31.2 Å². The molecule has 1 amide bonds. The number of carbonyl (C=O) groups excluding carboxylic acids is 4. The first-order valence-corrected chi connectivity index (χ1v) is 13.4. The number of Topliss-reactive ketones (excluding diaryl/α,β-unsaturated/α-hetero) is 1. The summed E-state index contributed by atoms with van der Waals surface area (Å²) < 4.78 is 0. The molecule has 6 N–H and O–H groups in total. The maximum absolute atomic E-state index is 12.2. The fourth-order valence-electron chi connectivity index (χ4n) is 3.35. The third kappa shape index (κ3) is 11.6. The van der Waals surface area contributed by atoms with Gasteiger partial charge in [-0.25, -0.2) is 0 Å². The second-order valence-electron chi connectivity index (χ2n) is 9.11. The van der Waals surface area contributed by atoms with Crippen LogP contribution in [-0.4, -0.2) is 29.2 Å². The highest BCUT2D eigenvalue weighted by Crippen LogP contribution is 2.21. The summed E-state index contributed by atoms with van der Waals surface area (Å²) in [6.45, 7) is 5.39. The molecule has 0 fully saturated rings. The van der Waals surface area contributed by atoms with Crippen LogP contribution in [0.2, 0.25) is 0 Å². The molecule has 0 aromatic heterocycles. The zero-order chi connectivity index (χ0) is 31.4. The summed E-state index contributed by atoms with van der Waals surface area (Å²) in [7, 11) is 1.83. The quantitative estimate of drug-likeness (QED) is 0.0977. The number of halogens is 2. The summed E-state index contributed by atoms with van der Waals surface area (Å²) in [6.07, 6.45) is 0. The van der Waals surface area contributed by atoms with Crippen molar-refractivity contribution in [2.75, 3.05) is 29.1 Å². The Morgan fingerprint density at radius 2 is 1.12 bits per heavy atom. The summed E-state index contributed by atoms with van der Waals surface area (Å²) in [4.78, 5) is 44.6. The van der Waals surface area contributed by atoms with Gasteiger partial charge in [0.1, 0.15) is 0 Å². The Labute approximate surface area is 262 Å². The van der Waals surface area contributed by atoms with Gasteiger partial charge in [0.2, 0.25) is 0 Å². The average molecular weight is 624 g/mol. The lowest BCUT2D eigenvalue weighted by Gasteiger charge is -2.10. The SMILES string of the molecule is C.CNc1ccc(C)c(NC(=O)c2ccc(C(C)=O)cc2)c1.Cc1ccc(N)cc1N.O=C(Cl)c1ccc(C(=O)Cl)cc1. The van der Waals surface area contributed by atoms with E-state index < -0.39 is 10.5 Å². The Bertz CT molecular complexity index is 1540. The van der Waals surface area contributed by atoms with Crippen LogP contribution in [-0.2, 0) is 0 Å². The molecule has 0 saturated heterocycles. The number of hydrogen-bond acceptors (Lipinski definition) is 7. The number of amides is 1. The van der Waals surface area contributed by atoms with Gasteiger partial charge in [-0.3, -0.25) is 19.2 Å². The van der Waals surface area contributed by atoms with Gasteiger partial charge in [-0.2, -0.15) is 0 Å². The van der Waals surface area contributed by atoms with Crippen molar-refractivity contribution in [1.82, 2.24) is 0 Å². The topological polar surface area (TPSA) is 144 Å². The van der Waals surface area contributed by atoms with Gasteiger partial charge in [0.25, 0.3) is 16.4 Å². The number of nitrogens with one attached hydrogen (secondary N) is 2. The minimum absolute atomic E-state index is 0. The fourth-order valence-corrected chi connectivity index (χ4v) is 3.61. The minimum Gasteiger partial charge on any atom is -0.399 e. The lowest BCUT2D eigenvalue weighted by atomic mass is 10.1. The van der Waals surface area contributed by atoms with Crippen molar-refractivity contribution >= 4 is 68.1 Å². The molecule has 10 heteroatoms. The number of anilines is 4. The summed E-state index contributed by atoms with van der Waals surface area (Å²) in [6, 6.07) is 23.7. The Morgan fingerprint density at radius 1 is 0.651 bits per heavy atom. The summed E-state index contributed by atoms with van der Waals surface area (Å²) in [5.41, 5.74) is 18.0. The van der Waals surface area contributed by atoms with E-state index in [0.29, 0.717) is 22.3 Å². The Morgan fingerprint density at radius 3 is 1.53 bits per heavy atom. The summed E-state index contributed by atoms with van der Waals surface area (Å²) in [5, 5.41) is 4.82. The number of nitrogen functional groups attached to an aromatic ring is 2. The van der Waals surface area contributed by atoms with E-state index in [-0.39, 0.29) is 19.1 Å². The molecule has 0 aliphatic rings. The zero-order valence-electron chi connectivity index (χ0n) is 23.6. The number of rotatable bonds is 6. The minimum atomic E-state index is -0.552. The van der Waals surface area contributed by atoms with Crippen molar-refractivity contribution in [2.45, 2.75) is 28.2 Å². The maximum atomic E-state index is 12.2. The van der Waals surface area contributed by atoms with Crippen molar-refractivity contribution in [3.8, 4) is 0 Å². The van der Waals surface area contributed by atoms with Crippen LogP contribution in [0.3, 0.4) is 0 Å². The normalized spacial score (nSPS) is 9.53. The molecule has 0 heterocycles. The van der Waals surface area contributed by atoms with Crippen LogP contribution >= 0.6 is 23.2 Å². The number of ketones is 1. The first-order valence-electron chi connectivity index (χ1n) is 12.6. The van der Waals surface area contributed by atoms with Crippen LogP contribution < -0.4 is 22.1 Å². The molecule has 0 aliphatic heterocycles. The lowest BCUT2D eigenvalue weighted by Crippen LogP contribution is -2.13. The number of aryl methyl sites for hydroxylation is 2. The largest absolute Gasteiger partial charge is 0.399 e. The van der Waals surface area contributed by atoms with Crippen molar-refractivity contribution in [3.63, 3.8) is 0 Å². The molecule has 0 bridgehead atoms. The van der Waals surface area contributed by atoms with E-state index in [2.05, 4.69) is 10.6 Å². The van der Waals surface area contributed by atoms with E-state index in [1.54, 1.807) is 30.3 Å². The van der Waals surface area contributed by atoms with Gasteiger partial charge < -0.3 is 22.1 Å². The van der Waals surface area contributed by atoms with Crippen molar-refractivity contribution in [1.29, 1.82) is 0 Å². The average Bonchev–Trinajstić information content (AvgIpc) is 2.97. The second kappa shape index (κ2) is 17.3. The van der Waals surface area contributed by atoms with E-state index in [4.69, 9.17) is 34.7 Å². The van der Waals surface area contributed by atoms with Crippen LogP contribution in [0.1, 0.15) is 66.9 Å². The third-order valence-corrected chi connectivity index (χ3v) is 6.41. The molecule has 8 nitrogen and oxygen atoms in total. The van der Waals surface area contributed by atoms with Crippen molar-refractivity contribution in [3.05, 3.63) is 118 Å². The molecule has 0 aliphatic carbocycles. The van der Waals surface area contributed by atoms with Crippen LogP contribution in [0.15, 0.2) is 84.9 Å². The number of nitrogens with two attached hydrogens (primary N) is 2. The monoisotopic (exact) mass is 622 g/mol. The van der Waals surface area contributed by atoms with E-state index >= 15 is 0 Å². The molecule has 43 heavy (non-hydrogen) atoms. The van der Waals surface area contributed by atoms with Crippen molar-refractivity contribution in [2.24, 2.45) is 0 Å². The predicted molar refractivity (Wildman–Crippen MR) is 179 cm³/mol. The third-order valence-electron chi connectivity index (χ3n) is 5.97. The first-order chi connectivity index (χ1) is 19.8. The Hall–Kier alpha value is -4.66. The van der Waals surface area contributed by atoms with E-state index in [0.717, 1.165) is 33.9 Å². The van der Waals surface area contributed by atoms with Gasteiger partial charge in [0.15, 0.2) is 5.78 Å². The lowest BCUT2D eigenvalue weighted by molar-refractivity contribution is 0.100. The van der Waals surface area contributed by atoms with Crippen LogP contribution in [0, 0.1) is 13.8 Å². The van der Waals surface area contributed by atoms with Crippen LogP contribution in [0.5, 0.6) is 0 Å². The van der Waals surface area contributed by atoms with E-state index in [1.807, 2.05) is 51.2 Å². The van der Waals surface area contributed by atoms with Crippen molar-refractivity contribution < 1.29 is 19.2 Å². The van der Waals surface area contributed by atoms with Crippen LogP contribution in [0.25, 0.3) is 0 Å². The number of benzene rings is 4. The molecule has 0 atom stereocenters. The predicted octanol–water partition coefficient (Wildman–Crippen LogP) is 7.73. The van der Waals surface area contributed by atoms with Gasteiger partial charge in [-0.15, -0.1) is 0 Å². The number of carbonyl (C=O) groups is 4. The fraction of sp³-hybridized carbons (Fsp3) is 0.152. The highest BCUT2D eigenvalue weighted by atomic mass is 35.5. The van der Waals surface area contributed by atoms with E-state index in [9.17, 15) is 19.2 Å². The highest BCUT2D eigenvalue weighted by Gasteiger charge is 2.09. The second-order valence-corrected chi connectivity index (χ2v) is 9.79. The molecule has 0 unspecified atom stereocenters. The first kappa shape index (κ1) is 36.4. The molecule has 4 aromatic carbocycles. The standard InChI is InChI=1S/C17H18N2O2.C8H4Cl2O2.C7H10N2.CH4/c1-11-4-9-15(18-3)10-16(11)19-17(21)14-7-5-13(6-8-14)12(2)20;9-7(11)5-1-2-6(4-3-5)8(10)12;1-5-2-3-6(8)4-7(5)9;/h4-10,18H,1-3H3,(H,19,21);1-4H;2-4H,8-9H2,1H3;1H4.